The number of nitrogens with two attached hydrogens (primary N) is 1. The van der Waals surface area contributed by atoms with Crippen molar-refractivity contribution < 1.29 is 9.40 Å². The lowest BCUT2D eigenvalue weighted by molar-refractivity contribution is 0.212. The van der Waals surface area contributed by atoms with Gasteiger partial charge >= 0.3 is 0 Å². The van der Waals surface area contributed by atoms with E-state index in [9.17, 15) is 4.57 Å². The van der Waals surface area contributed by atoms with E-state index in [0.717, 1.165) is 0 Å². The molecule has 0 bridgehead atoms. The highest BCUT2D eigenvalue weighted by molar-refractivity contribution is 7.22. The van der Waals surface area contributed by atoms with Crippen LogP contribution in [0.5, 0.6) is 0 Å². The van der Waals surface area contributed by atoms with Crippen LogP contribution in [0.15, 0.2) is 5.16 Å². The molecule has 0 unspecified atom stereocenters. The SMILES string of the molecule is CON=C(N)NP=O. The summed E-state index contributed by atoms with van der Waals surface area (Å²) >= 11 is 0. The van der Waals surface area contributed by atoms with Gasteiger partial charge in [-0.25, -0.2) is 4.57 Å². The summed E-state index contributed by atoms with van der Waals surface area (Å²) in [7, 11) is 1.06. The van der Waals surface area contributed by atoms with E-state index in [1.54, 1.807) is 0 Å². The number of rotatable bonds is 2. The van der Waals surface area contributed by atoms with E-state index in [4.69, 9.17) is 5.73 Å². The third kappa shape index (κ3) is 3.36. The van der Waals surface area contributed by atoms with Crippen molar-refractivity contribution in [3.8, 4) is 0 Å². The maximum atomic E-state index is 9.66. The van der Waals surface area contributed by atoms with Crippen molar-refractivity contribution in [2.75, 3.05) is 7.11 Å². The number of oxime groups is 1. The molecule has 6 heteroatoms. The first-order chi connectivity index (χ1) is 3.81. The highest BCUT2D eigenvalue weighted by Crippen LogP contribution is 1.77. The molecule has 0 saturated carbocycles. The molecular formula is C2H6N3O2P. The summed E-state index contributed by atoms with van der Waals surface area (Å²) in [4.78, 5) is 4.21. The molecule has 8 heavy (non-hydrogen) atoms. The van der Waals surface area contributed by atoms with Gasteiger partial charge in [0.1, 0.15) is 7.11 Å². The molecule has 46 valence electrons. The first-order valence-corrected chi connectivity index (χ1v) is 2.57. The van der Waals surface area contributed by atoms with Crippen LogP contribution in [-0.4, -0.2) is 13.1 Å². The molecule has 0 fully saturated rings. The smallest absolute Gasteiger partial charge is 0.281 e. The number of nitrogens with zero attached hydrogens (tertiary/aromatic N) is 1. The van der Waals surface area contributed by atoms with Crippen LogP contribution in [0.3, 0.4) is 0 Å². The summed E-state index contributed by atoms with van der Waals surface area (Å²) in [5.74, 6) is -0.0100. The van der Waals surface area contributed by atoms with Gasteiger partial charge in [0, 0.05) is 0 Å². The normalized spacial score (nSPS) is 11.4. The Morgan fingerprint density at radius 3 is 3.00 bits per heavy atom. The lowest BCUT2D eigenvalue weighted by atomic mass is 11.1. The minimum absolute atomic E-state index is 0.0100. The average molecular weight is 135 g/mol. The Labute approximate surface area is 48.1 Å². The molecule has 0 spiro atoms. The minimum Gasteiger partial charge on any atom is -0.396 e. The fourth-order valence-corrected chi connectivity index (χ4v) is 0.300. The van der Waals surface area contributed by atoms with E-state index in [1.807, 2.05) is 0 Å². The van der Waals surface area contributed by atoms with E-state index in [2.05, 4.69) is 15.1 Å². The average Bonchev–Trinajstić information content (AvgIpc) is 1.68. The number of hydrogen-bond donors (Lipinski definition) is 2. The van der Waals surface area contributed by atoms with Gasteiger partial charge in [-0.15, -0.1) is 0 Å². The van der Waals surface area contributed by atoms with Crippen LogP contribution >= 0.6 is 8.61 Å². The van der Waals surface area contributed by atoms with Crippen molar-refractivity contribution in [2.45, 2.75) is 0 Å². The molecule has 0 aromatic rings. The second-order valence-electron chi connectivity index (χ2n) is 0.862. The minimum atomic E-state index is -0.287. The molecule has 0 saturated heterocycles. The first-order valence-electron chi connectivity index (χ1n) is 1.76. The van der Waals surface area contributed by atoms with E-state index >= 15 is 0 Å². The molecule has 0 aliphatic heterocycles. The molecule has 0 aliphatic rings. The van der Waals surface area contributed by atoms with Crippen LogP contribution in [0.25, 0.3) is 0 Å². The van der Waals surface area contributed by atoms with Crippen molar-refractivity contribution >= 4 is 14.6 Å². The zero-order chi connectivity index (χ0) is 6.41. The predicted molar refractivity (Wildman–Crippen MR) is 29.4 cm³/mol. The Morgan fingerprint density at radius 2 is 2.62 bits per heavy atom. The number of nitrogens with one attached hydrogen (secondary N) is 1. The first kappa shape index (κ1) is 7.17. The molecule has 0 atom stereocenters. The van der Waals surface area contributed by atoms with Crippen LogP contribution in [-0.2, 0) is 9.40 Å². The monoisotopic (exact) mass is 135 g/mol. The Morgan fingerprint density at radius 1 is 2.00 bits per heavy atom. The molecular weight excluding hydrogens is 129 g/mol. The van der Waals surface area contributed by atoms with E-state index < -0.39 is 0 Å². The van der Waals surface area contributed by atoms with E-state index in [-0.39, 0.29) is 14.6 Å². The molecule has 0 aromatic carbocycles. The highest BCUT2D eigenvalue weighted by Gasteiger charge is 1.84. The van der Waals surface area contributed by atoms with Gasteiger partial charge in [0.2, 0.25) is 5.96 Å². The largest absolute Gasteiger partial charge is 0.396 e. The molecule has 0 amide bonds. The zero-order valence-electron chi connectivity index (χ0n) is 4.29. The third-order valence-corrected chi connectivity index (χ3v) is 0.670. The maximum absolute atomic E-state index is 9.66. The van der Waals surface area contributed by atoms with Crippen LogP contribution in [0.4, 0.5) is 0 Å². The van der Waals surface area contributed by atoms with Crippen molar-refractivity contribution in [3.63, 3.8) is 0 Å². The van der Waals surface area contributed by atoms with Gasteiger partial charge in [-0.2, -0.15) is 0 Å². The zero-order valence-corrected chi connectivity index (χ0v) is 5.18. The summed E-state index contributed by atoms with van der Waals surface area (Å²) in [5, 5.41) is 5.36. The Balaban J connectivity index is 3.44. The van der Waals surface area contributed by atoms with Crippen molar-refractivity contribution in [2.24, 2.45) is 10.9 Å². The van der Waals surface area contributed by atoms with Crippen LogP contribution in [0.1, 0.15) is 0 Å². The molecule has 5 nitrogen and oxygen atoms in total. The van der Waals surface area contributed by atoms with E-state index in [1.165, 1.54) is 7.11 Å². The second-order valence-corrected chi connectivity index (χ2v) is 1.27. The molecule has 0 heterocycles. The van der Waals surface area contributed by atoms with E-state index in [0.29, 0.717) is 0 Å². The Bertz CT molecular complexity index is 103. The Kier molecular flexibility index (Phi) is 3.88. The highest BCUT2D eigenvalue weighted by atomic mass is 31.1. The lowest BCUT2D eigenvalue weighted by Crippen LogP contribution is -2.23. The van der Waals surface area contributed by atoms with Gasteiger partial charge in [0.05, 0.1) is 0 Å². The van der Waals surface area contributed by atoms with Gasteiger partial charge in [-0.3, -0.25) is 5.09 Å². The standard InChI is InChI=1S/C2H6N3O2P/c1-7-4-2(3)5-8-6/h1H3,(H3,3,4,5,6). The van der Waals surface area contributed by atoms with Crippen LogP contribution in [0, 0.1) is 0 Å². The Hall–Kier alpha value is -0.830. The summed E-state index contributed by atoms with van der Waals surface area (Å²) in [6, 6.07) is 0. The fraction of sp³-hybridized carbons (Fsp3) is 0.500. The van der Waals surface area contributed by atoms with Crippen molar-refractivity contribution in [1.82, 2.24) is 5.09 Å². The number of guanidine groups is 1. The molecule has 3 N–H and O–H groups in total. The molecule has 0 rings (SSSR count). The van der Waals surface area contributed by atoms with Crippen molar-refractivity contribution in [3.05, 3.63) is 0 Å². The van der Waals surface area contributed by atoms with Crippen molar-refractivity contribution in [1.29, 1.82) is 0 Å². The van der Waals surface area contributed by atoms with Gasteiger partial charge in [0.25, 0.3) is 8.61 Å². The summed E-state index contributed by atoms with van der Waals surface area (Å²) in [5.41, 5.74) is 5.00. The van der Waals surface area contributed by atoms with Crippen LogP contribution < -0.4 is 10.8 Å². The fourth-order valence-electron chi connectivity index (χ4n) is 0.166. The predicted octanol–water partition coefficient (Wildman–Crippen LogP) is -0.341. The topological polar surface area (TPSA) is 76.7 Å². The molecule has 0 aliphatic carbocycles. The lowest BCUT2D eigenvalue weighted by Gasteiger charge is -1.90. The molecule has 0 radical (unpaired) electrons. The third-order valence-electron chi connectivity index (χ3n) is 0.350. The summed E-state index contributed by atoms with van der Waals surface area (Å²) in [6.45, 7) is 0. The van der Waals surface area contributed by atoms with Gasteiger partial charge < -0.3 is 10.6 Å². The van der Waals surface area contributed by atoms with Gasteiger partial charge in [0.15, 0.2) is 0 Å². The molecule has 0 aromatic heterocycles. The van der Waals surface area contributed by atoms with Gasteiger partial charge in [-0.1, -0.05) is 0 Å². The number of hydrogen-bond acceptors (Lipinski definition) is 3. The quantitative estimate of drug-likeness (QED) is 0.235. The summed E-state index contributed by atoms with van der Waals surface area (Å²) < 4.78 is 9.66. The van der Waals surface area contributed by atoms with Crippen LogP contribution in [0.2, 0.25) is 0 Å². The summed E-state index contributed by atoms with van der Waals surface area (Å²) in [6.07, 6.45) is 0. The van der Waals surface area contributed by atoms with Gasteiger partial charge in [-0.05, 0) is 5.16 Å². The maximum Gasteiger partial charge on any atom is 0.281 e. The second kappa shape index (κ2) is 4.33.